The van der Waals surface area contributed by atoms with Crippen LogP contribution in [0.5, 0.6) is 0 Å². The maximum absolute atomic E-state index is 13.5. The van der Waals surface area contributed by atoms with Gasteiger partial charge in [-0.05, 0) is 32.2 Å². The lowest BCUT2D eigenvalue weighted by molar-refractivity contribution is -0.110. The Kier molecular flexibility index (Phi) is 3.52. The third-order valence-electron chi connectivity index (χ3n) is 3.17. The Bertz CT molecular complexity index is 165. The van der Waals surface area contributed by atoms with E-state index in [2.05, 4.69) is 5.32 Å². The summed E-state index contributed by atoms with van der Waals surface area (Å²) < 4.78 is 27.0. The molecule has 1 nitrogen and oxygen atoms in total. The van der Waals surface area contributed by atoms with Crippen molar-refractivity contribution in [2.45, 2.75) is 44.1 Å². The van der Waals surface area contributed by atoms with E-state index >= 15 is 0 Å². The first kappa shape index (κ1) is 11.2. The average Bonchev–Trinajstić information content (AvgIpc) is 2.30. The molecule has 4 heteroatoms. The topological polar surface area (TPSA) is 12.0 Å². The monoisotopic (exact) mass is 211 g/mol. The zero-order valence-corrected chi connectivity index (χ0v) is 8.38. The van der Waals surface area contributed by atoms with E-state index in [4.69, 9.17) is 0 Å². The smallest absolute Gasteiger partial charge is 0.265 e. The summed E-state index contributed by atoms with van der Waals surface area (Å²) in [5, 5.41) is 2.90. The highest BCUT2D eigenvalue weighted by molar-refractivity contribution is 5.85. The van der Waals surface area contributed by atoms with Crippen molar-refractivity contribution in [3.8, 4) is 0 Å². The van der Waals surface area contributed by atoms with Gasteiger partial charge in [-0.25, -0.2) is 8.78 Å². The molecule has 1 saturated carbocycles. The van der Waals surface area contributed by atoms with Crippen molar-refractivity contribution in [1.82, 2.24) is 5.32 Å². The van der Waals surface area contributed by atoms with Gasteiger partial charge in [0.15, 0.2) is 0 Å². The molecular formula is C9H16ClF2N. The highest BCUT2D eigenvalue weighted by Crippen LogP contribution is 2.43. The molecule has 1 atom stereocenters. The van der Waals surface area contributed by atoms with Crippen LogP contribution in [0.25, 0.3) is 0 Å². The SMILES string of the molecule is Cl.FC(F)(C1CCC1)C1CCCN1. The molecule has 13 heavy (non-hydrogen) atoms. The van der Waals surface area contributed by atoms with Gasteiger partial charge in [0, 0.05) is 5.92 Å². The Morgan fingerprint density at radius 1 is 1.08 bits per heavy atom. The fraction of sp³-hybridized carbons (Fsp3) is 1.00. The molecule has 2 aliphatic rings. The third kappa shape index (κ3) is 1.96. The summed E-state index contributed by atoms with van der Waals surface area (Å²) in [6, 6.07) is -0.525. The van der Waals surface area contributed by atoms with Crippen molar-refractivity contribution < 1.29 is 8.78 Å². The van der Waals surface area contributed by atoms with Gasteiger partial charge in [-0.2, -0.15) is 0 Å². The molecule has 2 rings (SSSR count). The number of hydrogen-bond donors (Lipinski definition) is 1. The van der Waals surface area contributed by atoms with Crippen molar-refractivity contribution in [3.05, 3.63) is 0 Å². The molecule has 0 spiro atoms. The van der Waals surface area contributed by atoms with Gasteiger partial charge in [-0.3, -0.25) is 0 Å². The standard InChI is InChI=1S/C9H15F2N.ClH/c10-9(11,7-3-1-4-7)8-5-2-6-12-8;/h7-8,12H,1-6H2;1H. The first-order valence-electron chi connectivity index (χ1n) is 4.82. The summed E-state index contributed by atoms with van der Waals surface area (Å²) in [4.78, 5) is 0. The molecule has 1 aliphatic carbocycles. The van der Waals surface area contributed by atoms with Gasteiger partial charge in [0.05, 0.1) is 6.04 Å². The maximum Gasteiger partial charge on any atom is 0.265 e. The lowest BCUT2D eigenvalue weighted by Crippen LogP contribution is -2.48. The second-order valence-corrected chi connectivity index (χ2v) is 3.95. The number of hydrogen-bond acceptors (Lipinski definition) is 1. The van der Waals surface area contributed by atoms with Crippen LogP contribution in [0.4, 0.5) is 8.78 Å². The highest BCUT2D eigenvalue weighted by atomic mass is 35.5. The predicted octanol–water partition coefficient (Wildman–Crippen LogP) is 2.60. The molecular weight excluding hydrogens is 196 g/mol. The van der Waals surface area contributed by atoms with E-state index in [0.717, 1.165) is 32.2 Å². The van der Waals surface area contributed by atoms with Gasteiger partial charge in [0.25, 0.3) is 5.92 Å². The molecule has 0 radical (unpaired) electrons. The van der Waals surface area contributed by atoms with Gasteiger partial charge >= 0.3 is 0 Å². The Balaban J connectivity index is 0.000000845. The molecule has 0 amide bonds. The molecule has 1 saturated heterocycles. The third-order valence-corrected chi connectivity index (χ3v) is 3.17. The molecule has 0 aromatic heterocycles. The summed E-state index contributed by atoms with van der Waals surface area (Å²) in [6.07, 6.45) is 4.01. The molecule has 1 heterocycles. The van der Waals surface area contributed by atoms with Gasteiger partial charge < -0.3 is 5.32 Å². The molecule has 78 valence electrons. The van der Waals surface area contributed by atoms with Crippen LogP contribution in [0.2, 0.25) is 0 Å². The summed E-state index contributed by atoms with van der Waals surface area (Å²) in [5.41, 5.74) is 0. The van der Waals surface area contributed by atoms with Crippen LogP contribution in [0, 0.1) is 5.92 Å². The second kappa shape index (κ2) is 4.09. The van der Waals surface area contributed by atoms with Gasteiger partial charge in [-0.15, -0.1) is 12.4 Å². The van der Waals surface area contributed by atoms with Crippen molar-refractivity contribution >= 4 is 12.4 Å². The van der Waals surface area contributed by atoms with E-state index in [1.54, 1.807) is 0 Å². The van der Waals surface area contributed by atoms with E-state index in [9.17, 15) is 8.78 Å². The minimum absolute atomic E-state index is 0. The van der Waals surface area contributed by atoms with Crippen molar-refractivity contribution in [1.29, 1.82) is 0 Å². The van der Waals surface area contributed by atoms with Crippen LogP contribution in [-0.4, -0.2) is 18.5 Å². The maximum atomic E-state index is 13.5. The Morgan fingerprint density at radius 3 is 2.15 bits per heavy atom. The molecule has 0 aromatic rings. The van der Waals surface area contributed by atoms with Gasteiger partial charge in [-0.1, -0.05) is 6.42 Å². The van der Waals surface area contributed by atoms with E-state index in [1.807, 2.05) is 0 Å². The number of rotatable bonds is 2. The largest absolute Gasteiger partial charge is 0.309 e. The minimum atomic E-state index is -2.44. The van der Waals surface area contributed by atoms with Crippen molar-refractivity contribution in [3.63, 3.8) is 0 Å². The summed E-state index contributed by atoms with van der Waals surface area (Å²) in [5.74, 6) is -2.76. The van der Waals surface area contributed by atoms with Crippen LogP contribution < -0.4 is 5.32 Å². The number of alkyl halides is 2. The lowest BCUT2D eigenvalue weighted by Gasteiger charge is -2.37. The predicted molar refractivity (Wildman–Crippen MR) is 50.6 cm³/mol. The quantitative estimate of drug-likeness (QED) is 0.741. The van der Waals surface area contributed by atoms with E-state index < -0.39 is 12.0 Å². The fourth-order valence-electron chi connectivity index (χ4n) is 2.09. The lowest BCUT2D eigenvalue weighted by atomic mass is 9.77. The first-order chi connectivity index (χ1) is 5.71. The van der Waals surface area contributed by atoms with Crippen LogP contribution in [0.3, 0.4) is 0 Å². The summed E-state index contributed by atoms with van der Waals surface area (Å²) >= 11 is 0. The molecule has 0 aromatic carbocycles. The Morgan fingerprint density at radius 2 is 1.77 bits per heavy atom. The van der Waals surface area contributed by atoms with Crippen LogP contribution >= 0.6 is 12.4 Å². The number of halogens is 3. The van der Waals surface area contributed by atoms with Crippen molar-refractivity contribution in [2.24, 2.45) is 5.92 Å². The van der Waals surface area contributed by atoms with Crippen molar-refractivity contribution in [2.75, 3.05) is 6.54 Å². The minimum Gasteiger partial charge on any atom is -0.309 e. The summed E-state index contributed by atoms with van der Waals surface area (Å²) in [7, 11) is 0. The molecule has 1 aliphatic heterocycles. The number of nitrogens with one attached hydrogen (secondary N) is 1. The van der Waals surface area contributed by atoms with Gasteiger partial charge in [0.2, 0.25) is 0 Å². The van der Waals surface area contributed by atoms with Crippen LogP contribution in [0.15, 0.2) is 0 Å². The first-order valence-corrected chi connectivity index (χ1v) is 4.82. The summed E-state index contributed by atoms with van der Waals surface area (Å²) in [6.45, 7) is 0.771. The van der Waals surface area contributed by atoms with Crippen LogP contribution in [-0.2, 0) is 0 Å². The fourth-order valence-corrected chi connectivity index (χ4v) is 2.09. The Hall–Kier alpha value is 0.110. The zero-order chi connectivity index (χ0) is 8.60. The normalized spacial score (nSPS) is 29.5. The van der Waals surface area contributed by atoms with Gasteiger partial charge in [0.1, 0.15) is 0 Å². The van der Waals surface area contributed by atoms with E-state index in [1.165, 1.54) is 0 Å². The molecule has 1 N–H and O–H groups in total. The van der Waals surface area contributed by atoms with E-state index in [-0.39, 0.29) is 18.3 Å². The highest BCUT2D eigenvalue weighted by Gasteiger charge is 2.49. The van der Waals surface area contributed by atoms with Crippen LogP contribution in [0.1, 0.15) is 32.1 Å². The molecule has 0 bridgehead atoms. The second-order valence-electron chi connectivity index (χ2n) is 3.95. The zero-order valence-electron chi connectivity index (χ0n) is 7.56. The Labute approximate surface area is 83.7 Å². The van der Waals surface area contributed by atoms with E-state index in [0.29, 0.717) is 6.42 Å². The molecule has 1 unspecified atom stereocenters. The molecule has 2 fully saturated rings. The average molecular weight is 212 g/mol.